The molecule has 0 bridgehead atoms. The van der Waals surface area contributed by atoms with Crippen LogP contribution >= 0.6 is 0 Å². The Labute approximate surface area is 195 Å². The van der Waals surface area contributed by atoms with Crippen molar-refractivity contribution in [2.75, 3.05) is 46.4 Å². The Balaban J connectivity index is 1.19. The van der Waals surface area contributed by atoms with E-state index in [0.717, 1.165) is 50.2 Å². The highest BCUT2D eigenvalue weighted by Gasteiger charge is 2.38. The van der Waals surface area contributed by atoms with Crippen molar-refractivity contribution in [3.63, 3.8) is 0 Å². The quantitative estimate of drug-likeness (QED) is 0.575. The smallest absolute Gasteiger partial charge is 0.236 e. The molecular weight excluding hydrogens is 423 g/mol. The predicted octanol–water partition coefficient (Wildman–Crippen LogP) is 3.81. The fourth-order valence-electron chi connectivity index (χ4n) is 4.52. The van der Waals surface area contributed by atoms with E-state index in [0.29, 0.717) is 26.2 Å². The number of likely N-dealkylation sites (tertiary alicyclic amines) is 1. The summed E-state index contributed by atoms with van der Waals surface area (Å²) in [7, 11) is 1.96. The molecule has 178 valence electrons. The van der Waals surface area contributed by atoms with Gasteiger partial charge in [0.1, 0.15) is 17.7 Å². The van der Waals surface area contributed by atoms with Gasteiger partial charge in [0.2, 0.25) is 5.91 Å². The number of benzene rings is 2. The summed E-state index contributed by atoms with van der Waals surface area (Å²) in [6.07, 6.45) is 3.30. The van der Waals surface area contributed by atoms with E-state index in [2.05, 4.69) is 0 Å². The van der Waals surface area contributed by atoms with E-state index in [4.69, 9.17) is 14.2 Å². The molecule has 0 saturated carbocycles. The van der Waals surface area contributed by atoms with Crippen LogP contribution in [-0.2, 0) is 20.1 Å². The normalized spacial score (nSPS) is 18.6. The molecule has 33 heavy (non-hydrogen) atoms. The third-order valence-electron chi connectivity index (χ3n) is 6.33. The third-order valence-corrected chi connectivity index (χ3v) is 6.33. The largest absolute Gasteiger partial charge is 0.490 e. The van der Waals surface area contributed by atoms with E-state index in [1.54, 1.807) is 12.1 Å². The number of rotatable bonds is 9. The molecule has 0 aromatic heterocycles. The Bertz CT molecular complexity index is 879. The monoisotopic (exact) mass is 456 g/mol. The van der Waals surface area contributed by atoms with Crippen LogP contribution in [0.1, 0.15) is 31.2 Å². The van der Waals surface area contributed by atoms with Crippen molar-refractivity contribution in [1.29, 1.82) is 0 Å². The molecule has 0 radical (unpaired) electrons. The molecule has 2 aromatic carbocycles. The Morgan fingerprint density at radius 2 is 1.76 bits per heavy atom. The molecule has 0 aliphatic carbocycles. The van der Waals surface area contributed by atoms with Crippen LogP contribution in [0.5, 0.6) is 5.75 Å². The zero-order valence-electron chi connectivity index (χ0n) is 19.2. The molecule has 2 fully saturated rings. The molecule has 2 saturated heterocycles. The maximum absolute atomic E-state index is 13.3. The minimum absolute atomic E-state index is 0.150. The number of halogens is 1. The first-order valence-electron chi connectivity index (χ1n) is 11.8. The topological polar surface area (TPSA) is 51.2 Å². The van der Waals surface area contributed by atoms with Crippen molar-refractivity contribution in [2.45, 2.75) is 37.6 Å². The minimum Gasteiger partial charge on any atom is -0.490 e. The lowest BCUT2D eigenvalue weighted by Gasteiger charge is -2.33. The van der Waals surface area contributed by atoms with E-state index in [1.807, 2.05) is 47.2 Å². The van der Waals surface area contributed by atoms with Crippen LogP contribution < -0.4 is 4.74 Å². The van der Waals surface area contributed by atoms with Crippen molar-refractivity contribution < 1.29 is 23.4 Å². The highest BCUT2D eigenvalue weighted by atomic mass is 19.1. The highest BCUT2D eigenvalue weighted by Crippen LogP contribution is 2.36. The van der Waals surface area contributed by atoms with Gasteiger partial charge in [0.05, 0.1) is 19.8 Å². The molecule has 0 atom stereocenters. The molecule has 1 amide bonds. The molecular formula is C26H33FN2O4. The van der Waals surface area contributed by atoms with Gasteiger partial charge in [0, 0.05) is 37.9 Å². The van der Waals surface area contributed by atoms with Gasteiger partial charge >= 0.3 is 0 Å². The number of ether oxygens (including phenoxy) is 3. The van der Waals surface area contributed by atoms with Crippen molar-refractivity contribution in [3.8, 4) is 5.75 Å². The van der Waals surface area contributed by atoms with Gasteiger partial charge in [-0.15, -0.1) is 0 Å². The van der Waals surface area contributed by atoms with Gasteiger partial charge in [0.15, 0.2) is 5.79 Å². The van der Waals surface area contributed by atoms with E-state index in [-0.39, 0.29) is 17.8 Å². The number of para-hydroxylation sites is 1. The lowest BCUT2D eigenvalue weighted by atomic mass is 10.0. The van der Waals surface area contributed by atoms with E-state index >= 15 is 0 Å². The second-order valence-corrected chi connectivity index (χ2v) is 8.81. The fourth-order valence-corrected chi connectivity index (χ4v) is 4.52. The first kappa shape index (κ1) is 23.7. The van der Waals surface area contributed by atoms with Gasteiger partial charge in [0.25, 0.3) is 0 Å². The van der Waals surface area contributed by atoms with Crippen LogP contribution in [0.4, 0.5) is 4.39 Å². The number of carbonyl (C=O) groups excluding carboxylic acids is 1. The van der Waals surface area contributed by atoms with E-state index in [1.165, 1.54) is 12.1 Å². The van der Waals surface area contributed by atoms with Crippen LogP contribution in [0.25, 0.3) is 0 Å². The first-order valence-corrected chi connectivity index (χ1v) is 11.8. The molecule has 7 heteroatoms. The minimum atomic E-state index is -0.820. The average molecular weight is 457 g/mol. The molecule has 6 nitrogen and oxygen atoms in total. The highest BCUT2D eigenvalue weighted by molar-refractivity contribution is 5.78. The zero-order chi connectivity index (χ0) is 23.1. The Kier molecular flexibility index (Phi) is 7.96. The maximum Gasteiger partial charge on any atom is 0.236 e. The standard InChI is InChI=1S/C26H33FN2O4/c1-28(15-5-14-26(31-18-19-32-26)21-8-10-22(27)11-9-21)20-25(30)29-16-12-24(13-17-29)33-23-6-3-2-4-7-23/h2-4,6-11,24H,5,12-20H2,1H3. The van der Waals surface area contributed by atoms with E-state index in [9.17, 15) is 9.18 Å². The van der Waals surface area contributed by atoms with Crippen LogP contribution in [-0.4, -0.2) is 68.3 Å². The molecule has 2 aliphatic heterocycles. The molecule has 2 heterocycles. The molecule has 4 rings (SSSR count). The summed E-state index contributed by atoms with van der Waals surface area (Å²) >= 11 is 0. The van der Waals surface area contributed by atoms with Gasteiger partial charge in [-0.1, -0.05) is 30.3 Å². The average Bonchev–Trinajstić information content (AvgIpc) is 3.30. The van der Waals surface area contributed by atoms with Gasteiger partial charge in [-0.25, -0.2) is 4.39 Å². The van der Waals surface area contributed by atoms with Crippen LogP contribution in [0.15, 0.2) is 54.6 Å². The van der Waals surface area contributed by atoms with Crippen LogP contribution in [0.3, 0.4) is 0 Å². The summed E-state index contributed by atoms with van der Waals surface area (Å²) in [6, 6.07) is 16.1. The summed E-state index contributed by atoms with van der Waals surface area (Å²) in [6.45, 7) is 3.62. The number of carbonyl (C=O) groups is 1. The van der Waals surface area contributed by atoms with Crippen molar-refractivity contribution >= 4 is 5.91 Å². The Morgan fingerprint density at radius 3 is 2.42 bits per heavy atom. The van der Waals surface area contributed by atoms with Gasteiger partial charge in [-0.2, -0.15) is 0 Å². The number of hydrogen-bond donors (Lipinski definition) is 0. The number of nitrogens with zero attached hydrogens (tertiary/aromatic N) is 2. The lowest BCUT2D eigenvalue weighted by Crippen LogP contribution is -2.45. The number of likely N-dealkylation sites (N-methyl/N-ethyl adjacent to an activating group) is 1. The summed E-state index contributed by atoms with van der Waals surface area (Å²) in [5.41, 5.74) is 0.834. The Hall–Kier alpha value is -2.48. The predicted molar refractivity (Wildman–Crippen MR) is 123 cm³/mol. The summed E-state index contributed by atoms with van der Waals surface area (Å²) in [4.78, 5) is 16.7. The number of amides is 1. The fraction of sp³-hybridized carbons (Fsp3) is 0.500. The van der Waals surface area contributed by atoms with Crippen molar-refractivity contribution in [3.05, 3.63) is 66.0 Å². The van der Waals surface area contributed by atoms with Crippen LogP contribution in [0, 0.1) is 5.82 Å². The second-order valence-electron chi connectivity index (χ2n) is 8.81. The molecule has 0 spiro atoms. The van der Waals surface area contributed by atoms with Gasteiger partial charge in [-0.05, 0) is 44.3 Å². The van der Waals surface area contributed by atoms with Crippen molar-refractivity contribution in [2.24, 2.45) is 0 Å². The summed E-state index contributed by atoms with van der Waals surface area (Å²) < 4.78 is 31.2. The number of hydrogen-bond acceptors (Lipinski definition) is 5. The lowest BCUT2D eigenvalue weighted by molar-refractivity contribution is -0.172. The van der Waals surface area contributed by atoms with E-state index < -0.39 is 5.79 Å². The van der Waals surface area contributed by atoms with Gasteiger partial charge < -0.3 is 19.1 Å². The third kappa shape index (κ3) is 6.31. The summed E-state index contributed by atoms with van der Waals surface area (Å²) in [5.74, 6) is -0.0622. The molecule has 2 aliphatic rings. The molecule has 0 N–H and O–H groups in total. The number of piperidine rings is 1. The van der Waals surface area contributed by atoms with Crippen molar-refractivity contribution in [1.82, 2.24) is 9.80 Å². The zero-order valence-corrected chi connectivity index (χ0v) is 19.2. The maximum atomic E-state index is 13.3. The Morgan fingerprint density at radius 1 is 1.09 bits per heavy atom. The van der Waals surface area contributed by atoms with Gasteiger partial charge in [-0.3, -0.25) is 9.69 Å². The summed E-state index contributed by atoms with van der Waals surface area (Å²) in [5, 5.41) is 0. The molecule has 0 unspecified atom stereocenters. The second kappa shape index (κ2) is 11.1. The molecule has 2 aromatic rings. The first-order chi connectivity index (χ1) is 16.0. The SMILES string of the molecule is CN(CCCC1(c2ccc(F)cc2)OCCO1)CC(=O)N1CCC(Oc2ccccc2)CC1. The van der Waals surface area contributed by atoms with Crippen LogP contribution in [0.2, 0.25) is 0 Å².